The molecule has 0 spiro atoms. The third-order valence-corrected chi connectivity index (χ3v) is 17.3. The smallest absolute Gasteiger partial charge is 0.379 e. The second kappa shape index (κ2) is 22.4. The Balaban J connectivity index is 0.000000186. The van der Waals surface area contributed by atoms with Gasteiger partial charge in [-0.25, -0.2) is 16.8 Å². The molecule has 2 aliphatic rings. The van der Waals surface area contributed by atoms with Crippen molar-refractivity contribution in [1.29, 1.82) is 0 Å². The number of halogens is 6. The number of alkyl halides is 6. The minimum absolute atomic E-state index is 0.183. The van der Waals surface area contributed by atoms with Crippen LogP contribution in [0.15, 0.2) is 168 Å². The molecule has 76 heavy (non-hydrogen) atoms. The first kappa shape index (κ1) is 54.0. The zero-order valence-corrected chi connectivity index (χ0v) is 43.3. The fraction of sp³-hybridized carbons (Fsp3) is 0.214. The number of benzene rings is 4. The van der Waals surface area contributed by atoms with Gasteiger partial charge in [-0.15, -0.1) is 0 Å². The van der Waals surface area contributed by atoms with Crippen LogP contribution in [0.4, 0.5) is 26.3 Å². The van der Waals surface area contributed by atoms with Crippen molar-refractivity contribution in [2.45, 2.75) is 36.0 Å². The first-order valence-electron chi connectivity index (χ1n) is 23.8. The van der Waals surface area contributed by atoms with Crippen molar-refractivity contribution in [3.63, 3.8) is 0 Å². The van der Waals surface area contributed by atoms with Crippen molar-refractivity contribution in [2.24, 2.45) is 0 Å². The molecule has 0 aliphatic carbocycles. The summed E-state index contributed by atoms with van der Waals surface area (Å²) in [6.07, 6.45) is -5.54. The van der Waals surface area contributed by atoms with E-state index in [2.05, 4.69) is 19.9 Å². The van der Waals surface area contributed by atoms with E-state index in [-0.39, 0.29) is 9.79 Å². The molecule has 20 heteroatoms. The maximum absolute atomic E-state index is 13.2. The summed E-state index contributed by atoms with van der Waals surface area (Å²) in [5.41, 5.74) is 8.00. The molecule has 6 heterocycles. The van der Waals surface area contributed by atoms with Crippen LogP contribution in [0.1, 0.15) is 22.5 Å². The maximum Gasteiger partial charge on any atom is 0.416 e. The normalized spacial score (nSPS) is 14.9. The van der Waals surface area contributed by atoms with Crippen LogP contribution in [0.5, 0.6) is 0 Å². The van der Waals surface area contributed by atoms with Crippen LogP contribution in [0.3, 0.4) is 0 Å². The highest BCUT2D eigenvalue weighted by molar-refractivity contribution is 7.99. The van der Waals surface area contributed by atoms with Gasteiger partial charge in [0, 0.05) is 83.7 Å². The van der Waals surface area contributed by atoms with Crippen LogP contribution in [-0.2, 0) is 37.1 Å². The average Bonchev–Trinajstić information content (AvgIpc) is 3.43. The quantitative estimate of drug-likeness (QED) is 0.122. The summed E-state index contributed by atoms with van der Waals surface area (Å²) >= 11 is 1.74. The molecule has 11 nitrogen and oxygen atoms in total. The monoisotopic (exact) mass is 1090 g/mol. The van der Waals surface area contributed by atoms with Crippen LogP contribution in [-0.4, -0.2) is 96.3 Å². The van der Waals surface area contributed by atoms with Crippen molar-refractivity contribution in [1.82, 2.24) is 28.5 Å². The largest absolute Gasteiger partial charge is 0.416 e. The molecule has 4 aromatic heterocycles. The third-order valence-electron chi connectivity index (χ3n) is 12.6. The number of hydrogen-bond acceptors (Lipinski definition) is 10. The summed E-state index contributed by atoms with van der Waals surface area (Å²) < 4.78 is 139. The van der Waals surface area contributed by atoms with Gasteiger partial charge >= 0.3 is 12.4 Å². The van der Waals surface area contributed by atoms with Gasteiger partial charge in [-0.2, -0.15) is 46.7 Å². The Morgan fingerprint density at radius 3 is 1.24 bits per heavy atom. The van der Waals surface area contributed by atoms with E-state index < -0.39 is 43.5 Å². The van der Waals surface area contributed by atoms with Gasteiger partial charge in [0.15, 0.2) is 0 Å². The Labute approximate surface area is 440 Å². The molecule has 2 fully saturated rings. The minimum Gasteiger partial charge on any atom is -0.379 e. The molecule has 0 bridgehead atoms. The van der Waals surface area contributed by atoms with Crippen molar-refractivity contribution in [3.05, 3.63) is 181 Å². The summed E-state index contributed by atoms with van der Waals surface area (Å²) in [5.74, 6) is 1.56. The number of nitrogens with zero attached hydrogens (tertiary/aromatic N) is 6. The molecule has 392 valence electrons. The average molecular weight is 1100 g/mol. The lowest BCUT2D eigenvalue weighted by molar-refractivity contribution is -0.138. The number of aryl methyl sites for hydroxylation is 2. The number of ether oxygens (including phenoxy) is 1. The minimum atomic E-state index is -4.40. The topological polar surface area (TPSA) is 136 Å². The lowest BCUT2D eigenvalue weighted by Crippen LogP contribution is -2.40. The number of aromatic nitrogens is 4. The van der Waals surface area contributed by atoms with Gasteiger partial charge in [0.05, 0.1) is 56.9 Å². The van der Waals surface area contributed by atoms with Crippen LogP contribution >= 0.6 is 11.8 Å². The molecule has 2 aliphatic heterocycles. The van der Waals surface area contributed by atoms with E-state index in [1.807, 2.05) is 56.3 Å². The molecule has 0 radical (unpaired) electrons. The Kier molecular flexibility index (Phi) is 15.9. The van der Waals surface area contributed by atoms with Gasteiger partial charge in [0.2, 0.25) is 20.0 Å². The second-order valence-electron chi connectivity index (χ2n) is 17.9. The van der Waals surface area contributed by atoms with Crippen LogP contribution < -0.4 is 0 Å². The van der Waals surface area contributed by atoms with Gasteiger partial charge in [-0.3, -0.25) is 19.9 Å². The van der Waals surface area contributed by atoms with Crippen LogP contribution in [0.2, 0.25) is 0 Å². The summed E-state index contributed by atoms with van der Waals surface area (Å²) in [5, 5.41) is 0. The molecule has 0 saturated carbocycles. The number of sulfonamides is 2. The highest BCUT2D eigenvalue weighted by atomic mass is 32.2. The number of rotatable bonds is 10. The maximum atomic E-state index is 13.2. The molecule has 8 aromatic rings. The van der Waals surface area contributed by atoms with E-state index in [1.165, 1.54) is 32.9 Å². The van der Waals surface area contributed by atoms with Crippen molar-refractivity contribution >= 4 is 31.8 Å². The van der Waals surface area contributed by atoms with Crippen molar-refractivity contribution < 1.29 is 47.9 Å². The van der Waals surface area contributed by atoms with Gasteiger partial charge in [0.25, 0.3) is 0 Å². The van der Waals surface area contributed by atoms with Crippen LogP contribution in [0.25, 0.3) is 67.3 Å². The zero-order valence-electron chi connectivity index (χ0n) is 40.9. The van der Waals surface area contributed by atoms with E-state index in [9.17, 15) is 43.2 Å². The fourth-order valence-electron chi connectivity index (χ4n) is 8.67. The predicted octanol–water partition coefficient (Wildman–Crippen LogP) is 12.4. The van der Waals surface area contributed by atoms with Gasteiger partial charge in [-0.1, -0.05) is 48.5 Å². The Morgan fingerprint density at radius 1 is 0.447 bits per heavy atom. The first-order chi connectivity index (χ1) is 36.2. The van der Waals surface area contributed by atoms with E-state index in [4.69, 9.17) is 4.74 Å². The Morgan fingerprint density at radius 2 is 0.829 bits per heavy atom. The van der Waals surface area contributed by atoms with Gasteiger partial charge in [-0.05, 0) is 133 Å². The SMILES string of the molecule is Cc1cc(-c2ccc(C(F)(F)F)cc2)cc(-c2ccnc(-c3cccc(S(=O)(=O)N4CCOCC4)c3)c2)n1.Cc1cc(-c2ccc(C(F)(F)F)cc2)cc(-c2ccnc(-c3cccc(S(=O)(=O)N4CCSCC4)c3)c2)n1. The van der Waals surface area contributed by atoms with E-state index in [0.29, 0.717) is 95.8 Å². The zero-order chi connectivity index (χ0) is 53.8. The Bertz CT molecular complexity index is 3370. The number of pyridine rings is 4. The highest BCUT2D eigenvalue weighted by Crippen LogP contribution is 2.36. The Hall–Kier alpha value is -6.81. The summed E-state index contributed by atoms with van der Waals surface area (Å²) in [4.78, 5) is 18.6. The molecular formula is C56H48F6N6O5S3. The second-order valence-corrected chi connectivity index (χ2v) is 23.0. The molecule has 0 atom stereocenters. The molecule has 0 unspecified atom stereocenters. The summed E-state index contributed by atoms with van der Waals surface area (Å²) in [6, 6.07) is 38.0. The van der Waals surface area contributed by atoms with Crippen molar-refractivity contribution in [3.8, 4) is 67.3 Å². The highest BCUT2D eigenvalue weighted by Gasteiger charge is 2.32. The number of hydrogen-bond donors (Lipinski definition) is 0. The standard InChI is InChI=1S/C28H24F3N3O3S.C28H24F3N3O2S2/c2*1-19-15-23(20-5-7-24(8-6-20)28(29,30)31)18-27(33-19)22-9-10-32-26(17-22)21-3-2-4-25(16-21)38(35,36)34-11-13-37-14-12-34/h2*2-10,15-18H,11-14H2,1H3. The fourth-order valence-corrected chi connectivity index (χ4v) is 12.7. The predicted molar refractivity (Wildman–Crippen MR) is 282 cm³/mol. The van der Waals surface area contributed by atoms with Gasteiger partial charge in [0.1, 0.15) is 0 Å². The molecule has 0 amide bonds. The number of morpholine rings is 1. The third kappa shape index (κ3) is 12.5. The summed E-state index contributed by atoms with van der Waals surface area (Å²) in [6.45, 7) is 5.96. The van der Waals surface area contributed by atoms with Crippen molar-refractivity contribution in [2.75, 3.05) is 50.9 Å². The number of thioether (sulfide) groups is 1. The van der Waals surface area contributed by atoms with Crippen LogP contribution in [0, 0.1) is 13.8 Å². The van der Waals surface area contributed by atoms with E-state index >= 15 is 0 Å². The van der Waals surface area contributed by atoms with Gasteiger partial charge < -0.3 is 4.74 Å². The molecule has 2 saturated heterocycles. The molecule has 10 rings (SSSR count). The van der Waals surface area contributed by atoms with E-state index in [1.54, 1.807) is 78.8 Å². The molecule has 4 aromatic carbocycles. The lowest BCUT2D eigenvalue weighted by atomic mass is 10.0. The van der Waals surface area contributed by atoms with E-state index in [0.717, 1.165) is 58.0 Å². The first-order valence-corrected chi connectivity index (χ1v) is 27.9. The summed E-state index contributed by atoms with van der Waals surface area (Å²) in [7, 11) is -7.27. The lowest BCUT2D eigenvalue weighted by Gasteiger charge is -2.26. The molecule has 0 N–H and O–H groups in total. The molecular weight excluding hydrogens is 1050 g/mol.